The second-order valence-corrected chi connectivity index (χ2v) is 5.06. The van der Waals surface area contributed by atoms with E-state index in [2.05, 4.69) is 17.1 Å². The summed E-state index contributed by atoms with van der Waals surface area (Å²) in [6.07, 6.45) is 2.96. The van der Waals surface area contributed by atoms with E-state index in [4.69, 9.17) is 0 Å². The SMILES string of the molecule is CCN1CC2C(C1)C2NCC1CC1. The Morgan fingerprint density at radius 3 is 2.46 bits per heavy atom. The van der Waals surface area contributed by atoms with Crippen LogP contribution in [0.25, 0.3) is 0 Å². The molecule has 3 fully saturated rings. The first kappa shape index (κ1) is 8.25. The van der Waals surface area contributed by atoms with Gasteiger partial charge < -0.3 is 10.2 Å². The molecule has 1 N–H and O–H groups in total. The summed E-state index contributed by atoms with van der Waals surface area (Å²) in [6, 6.07) is 0.906. The summed E-state index contributed by atoms with van der Waals surface area (Å²) in [7, 11) is 0. The number of piperidine rings is 1. The molecule has 0 aromatic rings. The second kappa shape index (κ2) is 2.96. The topological polar surface area (TPSA) is 15.3 Å². The van der Waals surface area contributed by atoms with Crippen molar-refractivity contribution < 1.29 is 0 Å². The highest BCUT2D eigenvalue weighted by Crippen LogP contribution is 2.45. The molecule has 1 heterocycles. The maximum absolute atomic E-state index is 3.74. The Morgan fingerprint density at radius 1 is 1.23 bits per heavy atom. The first-order valence-corrected chi connectivity index (χ1v) is 5.84. The molecular weight excluding hydrogens is 160 g/mol. The van der Waals surface area contributed by atoms with E-state index in [-0.39, 0.29) is 0 Å². The highest BCUT2D eigenvalue weighted by atomic mass is 15.2. The monoisotopic (exact) mass is 180 g/mol. The van der Waals surface area contributed by atoms with Gasteiger partial charge in [-0.05, 0) is 43.7 Å². The van der Waals surface area contributed by atoms with Crippen molar-refractivity contribution >= 4 is 0 Å². The molecule has 3 rings (SSSR count). The highest BCUT2D eigenvalue weighted by Gasteiger charge is 2.55. The maximum Gasteiger partial charge on any atom is 0.0156 e. The van der Waals surface area contributed by atoms with Crippen molar-refractivity contribution in [3.05, 3.63) is 0 Å². The van der Waals surface area contributed by atoms with Gasteiger partial charge in [0.2, 0.25) is 0 Å². The van der Waals surface area contributed by atoms with Crippen molar-refractivity contribution in [2.24, 2.45) is 17.8 Å². The number of fused-ring (bicyclic) bond motifs is 1. The molecule has 1 saturated heterocycles. The van der Waals surface area contributed by atoms with Gasteiger partial charge in [0.05, 0.1) is 0 Å². The van der Waals surface area contributed by atoms with Crippen molar-refractivity contribution in [1.82, 2.24) is 10.2 Å². The van der Waals surface area contributed by atoms with Gasteiger partial charge in [0.1, 0.15) is 0 Å². The Bertz CT molecular complexity index is 188. The fraction of sp³-hybridized carbons (Fsp3) is 1.00. The summed E-state index contributed by atoms with van der Waals surface area (Å²) in [6.45, 7) is 7.57. The van der Waals surface area contributed by atoms with E-state index >= 15 is 0 Å². The Labute approximate surface area is 80.7 Å². The predicted molar refractivity (Wildman–Crippen MR) is 53.6 cm³/mol. The molecule has 2 saturated carbocycles. The molecule has 0 bridgehead atoms. The van der Waals surface area contributed by atoms with E-state index in [1.807, 2.05) is 0 Å². The average Bonchev–Trinajstić information content (AvgIpc) is 3.03. The number of rotatable bonds is 4. The van der Waals surface area contributed by atoms with Gasteiger partial charge in [0, 0.05) is 19.1 Å². The van der Waals surface area contributed by atoms with Crippen LogP contribution in [0.3, 0.4) is 0 Å². The van der Waals surface area contributed by atoms with Gasteiger partial charge in [-0.3, -0.25) is 0 Å². The molecule has 0 amide bonds. The summed E-state index contributed by atoms with van der Waals surface area (Å²) >= 11 is 0. The molecule has 0 radical (unpaired) electrons. The number of hydrogen-bond acceptors (Lipinski definition) is 2. The molecule has 2 heteroatoms. The van der Waals surface area contributed by atoms with Gasteiger partial charge in [-0.15, -0.1) is 0 Å². The van der Waals surface area contributed by atoms with Gasteiger partial charge >= 0.3 is 0 Å². The third kappa shape index (κ3) is 1.50. The summed E-state index contributed by atoms with van der Waals surface area (Å²) in [5.74, 6) is 3.07. The van der Waals surface area contributed by atoms with Gasteiger partial charge in [0.15, 0.2) is 0 Å². The first-order valence-electron chi connectivity index (χ1n) is 5.84. The van der Waals surface area contributed by atoms with E-state index in [0.717, 1.165) is 23.8 Å². The standard InChI is InChI=1S/C11H20N2/c1-2-13-6-9-10(7-13)11(9)12-5-8-3-4-8/h8-12H,2-7H2,1H3. The smallest absolute Gasteiger partial charge is 0.0156 e. The third-order valence-corrected chi connectivity index (χ3v) is 4.06. The molecule has 2 nitrogen and oxygen atoms in total. The molecule has 1 aliphatic heterocycles. The van der Waals surface area contributed by atoms with E-state index in [1.165, 1.54) is 39.0 Å². The normalized spacial score (nSPS) is 43.6. The molecule has 0 aromatic heterocycles. The quantitative estimate of drug-likeness (QED) is 0.692. The molecule has 2 unspecified atom stereocenters. The number of likely N-dealkylation sites (tertiary alicyclic amines) is 1. The lowest BCUT2D eigenvalue weighted by Gasteiger charge is -2.17. The summed E-state index contributed by atoms with van der Waals surface area (Å²) in [5.41, 5.74) is 0. The molecule has 3 aliphatic rings. The Morgan fingerprint density at radius 2 is 1.92 bits per heavy atom. The van der Waals surface area contributed by atoms with E-state index < -0.39 is 0 Å². The van der Waals surface area contributed by atoms with E-state index in [9.17, 15) is 0 Å². The zero-order valence-electron chi connectivity index (χ0n) is 8.50. The Kier molecular flexibility index (Phi) is 1.88. The van der Waals surface area contributed by atoms with Crippen LogP contribution in [0.1, 0.15) is 19.8 Å². The molecule has 0 spiro atoms. The Hall–Kier alpha value is -0.0800. The Balaban J connectivity index is 1.41. The summed E-state index contributed by atoms with van der Waals surface area (Å²) < 4.78 is 0. The lowest BCUT2D eigenvalue weighted by molar-refractivity contribution is 0.304. The average molecular weight is 180 g/mol. The van der Waals surface area contributed by atoms with Gasteiger partial charge in [-0.25, -0.2) is 0 Å². The van der Waals surface area contributed by atoms with Crippen molar-refractivity contribution in [3.8, 4) is 0 Å². The summed E-state index contributed by atoms with van der Waals surface area (Å²) in [5, 5.41) is 3.74. The minimum Gasteiger partial charge on any atom is -0.313 e. The number of nitrogens with zero attached hydrogens (tertiary/aromatic N) is 1. The minimum atomic E-state index is 0.906. The van der Waals surface area contributed by atoms with E-state index in [1.54, 1.807) is 0 Å². The molecule has 2 atom stereocenters. The minimum absolute atomic E-state index is 0.906. The number of hydrogen-bond donors (Lipinski definition) is 1. The van der Waals surface area contributed by atoms with Crippen LogP contribution >= 0.6 is 0 Å². The van der Waals surface area contributed by atoms with Gasteiger partial charge in [-0.1, -0.05) is 6.92 Å². The van der Waals surface area contributed by atoms with Crippen molar-refractivity contribution in [1.29, 1.82) is 0 Å². The highest BCUT2D eigenvalue weighted by molar-refractivity contribution is 5.10. The molecule has 2 aliphatic carbocycles. The molecule has 0 aromatic carbocycles. The van der Waals surface area contributed by atoms with E-state index in [0.29, 0.717) is 0 Å². The van der Waals surface area contributed by atoms with Crippen LogP contribution in [-0.4, -0.2) is 37.1 Å². The molecular formula is C11H20N2. The third-order valence-electron chi connectivity index (χ3n) is 4.06. The van der Waals surface area contributed by atoms with Crippen LogP contribution in [0, 0.1) is 17.8 Å². The lowest BCUT2D eigenvalue weighted by atomic mass is 10.3. The zero-order valence-corrected chi connectivity index (χ0v) is 8.50. The predicted octanol–water partition coefficient (Wildman–Crippen LogP) is 0.936. The van der Waals surface area contributed by atoms with Crippen LogP contribution in [0.2, 0.25) is 0 Å². The van der Waals surface area contributed by atoms with Gasteiger partial charge in [0.25, 0.3) is 0 Å². The fourth-order valence-electron chi connectivity index (χ4n) is 2.80. The van der Waals surface area contributed by atoms with Crippen LogP contribution in [0.5, 0.6) is 0 Å². The van der Waals surface area contributed by atoms with Crippen molar-refractivity contribution in [2.45, 2.75) is 25.8 Å². The summed E-state index contributed by atoms with van der Waals surface area (Å²) in [4.78, 5) is 2.59. The van der Waals surface area contributed by atoms with Crippen LogP contribution in [0.4, 0.5) is 0 Å². The van der Waals surface area contributed by atoms with Crippen molar-refractivity contribution in [3.63, 3.8) is 0 Å². The molecule has 13 heavy (non-hydrogen) atoms. The maximum atomic E-state index is 3.74. The van der Waals surface area contributed by atoms with Gasteiger partial charge in [-0.2, -0.15) is 0 Å². The molecule has 74 valence electrons. The zero-order chi connectivity index (χ0) is 8.84. The largest absolute Gasteiger partial charge is 0.313 e. The second-order valence-electron chi connectivity index (χ2n) is 5.06. The van der Waals surface area contributed by atoms with Crippen LogP contribution in [0.15, 0.2) is 0 Å². The lowest BCUT2D eigenvalue weighted by Crippen LogP contribution is -2.32. The van der Waals surface area contributed by atoms with Crippen molar-refractivity contribution in [2.75, 3.05) is 26.2 Å². The first-order chi connectivity index (χ1) is 6.38. The number of nitrogens with one attached hydrogen (secondary N) is 1. The van der Waals surface area contributed by atoms with Crippen LogP contribution in [-0.2, 0) is 0 Å². The fourth-order valence-corrected chi connectivity index (χ4v) is 2.80. The van der Waals surface area contributed by atoms with Crippen LogP contribution < -0.4 is 5.32 Å².